The number of nitrogens with one attached hydrogen (secondary N) is 1. The molecule has 0 heterocycles. The van der Waals surface area contributed by atoms with Crippen molar-refractivity contribution in [3.05, 3.63) is 35.9 Å². The van der Waals surface area contributed by atoms with Crippen molar-refractivity contribution in [2.24, 2.45) is 5.73 Å². The third-order valence-electron chi connectivity index (χ3n) is 2.93. The summed E-state index contributed by atoms with van der Waals surface area (Å²) in [5, 5.41) is 29.7. The maximum Gasteiger partial charge on any atom is 0.237 e. The van der Waals surface area contributed by atoms with Gasteiger partial charge in [-0.3, -0.25) is 4.79 Å². The van der Waals surface area contributed by atoms with Crippen LogP contribution in [-0.2, 0) is 11.2 Å². The van der Waals surface area contributed by atoms with Gasteiger partial charge in [0.2, 0.25) is 5.91 Å². The van der Waals surface area contributed by atoms with E-state index in [0.717, 1.165) is 5.56 Å². The Labute approximate surface area is 111 Å². The van der Waals surface area contributed by atoms with Gasteiger partial charge in [-0.1, -0.05) is 30.3 Å². The van der Waals surface area contributed by atoms with Gasteiger partial charge in [-0.15, -0.1) is 0 Å². The highest BCUT2D eigenvalue weighted by atomic mass is 16.3. The molecule has 0 aliphatic carbocycles. The van der Waals surface area contributed by atoms with Crippen molar-refractivity contribution in [2.75, 3.05) is 19.8 Å². The monoisotopic (exact) mass is 268 g/mol. The molecule has 0 aliphatic heterocycles. The lowest BCUT2D eigenvalue weighted by Crippen LogP contribution is -2.60. The number of carbonyl (C=O) groups is 1. The third-order valence-corrected chi connectivity index (χ3v) is 2.93. The molecule has 6 nitrogen and oxygen atoms in total. The molecular weight excluding hydrogens is 248 g/mol. The molecule has 0 fully saturated rings. The number of amides is 1. The van der Waals surface area contributed by atoms with E-state index in [0.29, 0.717) is 6.42 Å². The summed E-state index contributed by atoms with van der Waals surface area (Å²) in [5.41, 5.74) is 5.23. The molecule has 0 aromatic heterocycles. The van der Waals surface area contributed by atoms with Crippen molar-refractivity contribution in [3.8, 4) is 0 Å². The van der Waals surface area contributed by atoms with Crippen molar-refractivity contribution >= 4 is 5.91 Å². The molecule has 0 radical (unpaired) electrons. The van der Waals surface area contributed by atoms with Crippen LogP contribution in [0.3, 0.4) is 0 Å². The minimum Gasteiger partial charge on any atom is -0.394 e. The second kappa shape index (κ2) is 7.20. The lowest BCUT2D eigenvalue weighted by molar-refractivity contribution is -0.126. The van der Waals surface area contributed by atoms with E-state index < -0.39 is 37.3 Å². The molecule has 1 atom stereocenters. The summed E-state index contributed by atoms with van der Waals surface area (Å²) < 4.78 is 0. The average molecular weight is 268 g/mol. The summed E-state index contributed by atoms with van der Waals surface area (Å²) in [6.07, 6.45) is 0.338. The normalized spacial score (nSPS) is 13.1. The van der Waals surface area contributed by atoms with Gasteiger partial charge in [-0.05, 0) is 12.0 Å². The van der Waals surface area contributed by atoms with E-state index in [1.54, 1.807) is 0 Å². The van der Waals surface area contributed by atoms with Gasteiger partial charge in [0.15, 0.2) is 0 Å². The fourth-order valence-corrected chi connectivity index (χ4v) is 1.58. The zero-order valence-electron chi connectivity index (χ0n) is 10.6. The highest BCUT2D eigenvalue weighted by molar-refractivity contribution is 5.82. The molecule has 1 amide bonds. The van der Waals surface area contributed by atoms with Crippen molar-refractivity contribution in [1.82, 2.24) is 5.32 Å². The van der Waals surface area contributed by atoms with Crippen LogP contribution in [0, 0.1) is 0 Å². The van der Waals surface area contributed by atoms with Crippen molar-refractivity contribution in [1.29, 1.82) is 0 Å². The molecule has 6 heteroatoms. The minimum atomic E-state index is -1.44. The summed E-state index contributed by atoms with van der Waals surface area (Å²) in [6.45, 7) is -1.70. The highest BCUT2D eigenvalue weighted by Crippen LogP contribution is 2.05. The minimum absolute atomic E-state index is 0.338. The van der Waals surface area contributed by atoms with Crippen LogP contribution in [0.15, 0.2) is 30.3 Å². The molecule has 0 spiro atoms. The van der Waals surface area contributed by atoms with Crippen LogP contribution in [0.5, 0.6) is 0 Å². The zero-order valence-corrected chi connectivity index (χ0v) is 10.6. The number of aliphatic hydroxyl groups is 3. The molecular formula is C13H20N2O4. The summed E-state index contributed by atoms with van der Waals surface area (Å²) in [6, 6.07) is 8.45. The second-order valence-corrected chi connectivity index (χ2v) is 4.54. The Bertz CT molecular complexity index is 385. The van der Waals surface area contributed by atoms with E-state index >= 15 is 0 Å². The SMILES string of the molecule is NC(Cc1ccccc1)C(=O)NC(CO)(CO)CO. The number of nitrogens with two attached hydrogens (primary N) is 1. The topological polar surface area (TPSA) is 116 Å². The molecule has 0 aliphatic rings. The fourth-order valence-electron chi connectivity index (χ4n) is 1.58. The largest absolute Gasteiger partial charge is 0.394 e. The van der Waals surface area contributed by atoms with Crippen LogP contribution >= 0.6 is 0 Å². The van der Waals surface area contributed by atoms with Gasteiger partial charge in [0.25, 0.3) is 0 Å². The summed E-state index contributed by atoms with van der Waals surface area (Å²) >= 11 is 0. The molecule has 0 saturated heterocycles. The Hall–Kier alpha value is -1.47. The number of aliphatic hydroxyl groups excluding tert-OH is 3. The second-order valence-electron chi connectivity index (χ2n) is 4.54. The maximum atomic E-state index is 11.9. The Morgan fingerprint density at radius 1 is 1.16 bits per heavy atom. The van der Waals surface area contributed by atoms with Crippen LogP contribution in [0.25, 0.3) is 0 Å². The van der Waals surface area contributed by atoms with Crippen LogP contribution in [0.4, 0.5) is 0 Å². The van der Waals surface area contributed by atoms with E-state index in [1.807, 2.05) is 30.3 Å². The molecule has 1 aromatic carbocycles. The molecule has 1 aromatic rings. The fraction of sp³-hybridized carbons (Fsp3) is 0.462. The summed E-state index contributed by atoms with van der Waals surface area (Å²) in [7, 11) is 0. The molecule has 0 bridgehead atoms. The number of rotatable bonds is 7. The first kappa shape index (κ1) is 15.6. The first-order valence-electron chi connectivity index (χ1n) is 6.01. The van der Waals surface area contributed by atoms with Gasteiger partial charge < -0.3 is 26.4 Å². The molecule has 6 N–H and O–H groups in total. The van der Waals surface area contributed by atoms with Crippen LogP contribution in [0.2, 0.25) is 0 Å². The van der Waals surface area contributed by atoms with Gasteiger partial charge >= 0.3 is 0 Å². The van der Waals surface area contributed by atoms with Gasteiger partial charge in [0, 0.05) is 0 Å². The van der Waals surface area contributed by atoms with Gasteiger partial charge in [0.05, 0.1) is 25.9 Å². The smallest absolute Gasteiger partial charge is 0.237 e. The van der Waals surface area contributed by atoms with Gasteiger partial charge in [0.1, 0.15) is 5.54 Å². The lowest BCUT2D eigenvalue weighted by Gasteiger charge is -2.30. The molecule has 1 unspecified atom stereocenters. The quantitative estimate of drug-likeness (QED) is 0.408. The first-order chi connectivity index (χ1) is 9.06. The van der Waals surface area contributed by atoms with E-state index in [-0.39, 0.29) is 0 Å². The van der Waals surface area contributed by atoms with Crippen LogP contribution in [-0.4, -0.2) is 52.6 Å². The highest BCUT2D eigenvalue weighted by Gasteiger charge is 2.31. The molecule has 106 valence electrons. The van der Waals surface area contributed by atoms with E-state index in [1.165, 1.54) is 0 Å². The zero-order chi connectivity index (χ0) is 14.3. The predicted octanol–water partition coefficient (Wildman–Crippen LogP) is -1.61. The predicted molar refractivity (Wildman–Crippen MR) is 70.3 cm³/mol. The van der Waals surface area contributed by atoms with Crippen molar-refractivity contribution in [2.45, 2.75) is 18.0 Å². The van der Waals surface area contributed by atoms with E-state index in [9.17, 15) is 4.79 Å². The van der Waals surface area contributed by atoms with Crippen LogP contribution in [0.1, 0.15) is 5.56 Å². The Morgan fingerprint density at radius 3 is 2.16 bits per heavy atom. The summed E-state index contributed by atoms with van der Waals surface area (Å²) in [5.74, 6) is -0.527. The standard InChI is InChI=1S/C13H20N2O4/c14-11(6-10-4-2-1-3-5-10)12(19)15-13(7-16,8-17)9-18/h1-5,11,16-18H,6-9,14H2,(H,15,19). The maximum absolute atomic E-state index is 11.9. The van der Waals surface area contributed by atoms with E-state index in [2.05, 4.69) is 5.32 Å². The molecule has 0 saturated carbocycles. The lowest BCUT2D eigenvalue weighted by atomic mass is 10.0. The number of hydrogen-bond acceptors (Lipinski definition) is 5. The number of benzene rings is 1. The Morgan fingerprint density at radius 2 is 1.68 bits per heavy atom. The Balaban J connectivity index is 2.62. The molecule has 19 heavy (non-hydrogen) atoms. The van der Waals surface area contributed by atoms with Gasteiger partial charge in [-0.25, -0.2) is 0 Å². The number of hydrogen-bond donors (Lipinski definition) is 5. The Kier molecular flexibility index (Phi) is 5.91. The first-order valence-corrected chi connectivity index (χ1v) is 6.01. The van der Waals surface area contributed by atoms with E-state index in [4.69, 9.17) is 21.1 Å². The van der Waals surface area contributed by atoms with Gasteiger partial charge in [-0.2, -0.15) is 0 Å². The molecule has 1 rings (SSSR count). The summed E-state index contributed by atoms with van der Waals surface area (Å²) in [4.78, 5) is 11.9. The number of carbonyl (C=O) groups excluding carboxylic acids is 1. The van der Waals surface area contributed by atoms with Crippen molar-refractivity contribution in [3.63, 3.8) is 0 Å². The average Bonchev–Trinajstić information content (AvgIpc) is 2.45. The van der Waals surface area contributed by atoms with Crippen LogP contribution < -0.4 is 11.1 Å². The van der Waals surface area contributed by atoms with Crippen molar-refractivity contribution < 1.29 is 20.1 Å². The third kappa shape index (κ3) is 4.29.